The molecule has 0 unspecified atom stereocenters. The second-order valence-corrected chi connectivity index (χ2v) is 2.04. The fraction of sp³-hybridized carbons (Fsp3) is 0. The summed E-state index contributed by atoms with van der Waals surface area (Å²) in [4.78, 5) is 10.6. The van der Waals surface area contributed by atoms with Gasteiger partial charge in [-0.25, -0.2) is 5.10 Å². The predicted octanol–water partition coefficient (Wildman–Crippen LogP) is -0.412. The lowest BCUT2D eigenvalue weighted by atomic mass is 10.4. The molecule has 1 rings (SSSR count). The van der Waals surface area contributed by atoms with Crippen molar-refractivity contribution in [1.29, 1.82) is 0 Å². The molecule has 6 heteroatoms. The van der Waals surface area contributed by atoms with E-state index in [4.69, 9.17) is 23.1 Å². The lowest BCUT2D eigenvalue weighted by Gasteiger charge is -1.96. The van der Waals surface area contributed by atoms with Crippen LogP contribution in [0.3, 0.4) is 0 Å². The molecular weight excluding hydrogens is 156 g/mol. The smallest absolute Gasteiger partial charge is 0.285 e. The maximum absolute atomic E-state index is 10.6. The van der Waals surface area contributed by atoms with Crippen LogP contribution in [0.1, 0.15) is 0 Å². The van der Waals surface area contributed by atoms with Gasteiger partial charge in [0.25, 0.3) is 5.56 Å². The Bertz CT molecular complexity index is 307. The first-order chi connectivity index (χ1) is 4.63. The highest BCUT2D eigenvalue weighted by Crippen LogP contribution is 2.16. The first kappa shape index (κ1) is 6.88. The molecule has 0 aliphatic carbocycles. The first-order valence-corrected chi connectivity index (χ1v) is 2.80. The summed E-state index contributed by atoms with van der Waals surface area (Å²) < 4.78 is 0. The van der Waals surface area contributed by atoms with Crippen molar-refractivity contribution in [3.8, 4) is 0 Å². The molecule has 0 atom stereocenters. The van der Waals surface area contributed by atoms with E-state index in [0.29, 0.717) is 0 Å². The van der Waals surface area contributed by atoms with Gasteiger partial charge in [-0.15, -0.1) is 0 Å². The molecule has 0 aliphatic heterocycles. The monoisotopic (exact) mass is 160 g/mol. The van der Waals surface area contributed by atoms with Crippen molar-refractivity contribution in [3.63, 3.8) is 0 Å². The molecule has 0 bridgehead atoms. The Hall–Kier alpha value is -1.23. The van der Waals surface area contributed by atoms with Gasteiger partial charge < -0.3 is 11.5 Å². The molecule has 5 N–H and O–H groups in total. The van der Waals surface area contributed by atoms with Crippen molar-refractivity contribution in [1.82, 2.24) is 10.2 Å². The summed E-state index contributed by atoms with van der Waals surface area (Å²) in [5.74, 6) is 0.0320. The highest BCUT2D eigenvalue weighted by atomic mass is 35.5. The van der Waals surface area contributed by atoms with Crippen LogP contribution in [0.15, 0.2) is 4.79 Å². The molecule has 0 radical (unpaired) electrons. The van der Waals surface area contributed by atoms with Crippen LogP contribution in [0, 0.1) is 0 Å². The second-order valence-electron chi connectivity index (χ2n) is 1.67. The van der Waals surface area contributed by atoms with E-state index in [1.54, 1.807) is 0 Å². The molecule has 1 aromatic rings. The van der Waals surface area contributed by atoms with E-state index in [2.05, 4.69) is 10.2 Å². The molecule has 0 aliphatic rings. The van der Waals surface area contributed by atoms with Crippen LogP contribution in [-0.2, 0) is 0 Å². The number of nitrogens with two attached hydrogens (primary N) is 2. The molecule has 5 nitrogen and oxygen atoms in total. The van der Waals surface area contributed by atoms with Crippen LogP contribution in [0.2, 0.25) is 5.02 Å². The number of nitrogen functional groups attached to an aromatic ring is 2. The first-order valence-electron chi connectivity index (χ1n) is 2.42. The number of rotatable bonds is 0. The van der Waals surface area contributed by atoms with Gasteiger partial charge in [0.05, 0.1) is 0 Å². The minimum absolute atomic E-state index is 0.0189. The summed E-state index contributed by atoms with van der Waals surface area (Å²) in [5.41, 5.74) is 9.93. The molecule has 0 aromatic carbocycles. The second kappa shape index (κ2) is 2.18. The molecule has 54 valence electrons. The number of hydrogen-bond donors (Lipinski definition) is 3. The van der Waals surface area contributed by atoms with Gasteiger partial charge in [-0.2, -0.15) is 5.10 Å². The lowest BCUT2D eigenvalue weighted by molar-refractivity contribution is 1.00. The van der Waals surface area contributed by atoms with Gasteiger partial charge in [-0.3, -0.25) is 4.79 Å². The highest BCUT2D eigenvalue weighted by Gasteiger charge is 2.04. The SMILES string of the molecule is Nc1n[nH]c(=O)c(Cl)c1N. The van der Waals surface area contributed by atoms with Gasteiger partial charge in [-0.05, 0) is 0 Å². The topological polar surface area (TPSA) is 97.8 Å². The summed E-state index contributed by atoms with van der Waals surface area (Å²) in [5, 5.41) is 5.32. The highest BCUT2D eigenvalue weighted by molar-refractivity contribution is 6.33. The van der Waals surface area contributed by atoms with Gasteiger partial charge in [0.2, 0.25) is 0 Å². The zero-order chi connectivity index (χ0) is 7.72. The van der Waals surface area contributed by atoms with E-state index in [9.17, 15) is 4.79 Å². The fourth-order valence-corrected chi connectivity index (χ4v) is 0.594. The predicted molar refractivity (Wildman–Crippen MR) is 38.7 cm³/mol. The molecule has 0 saturated heterocycles. The van der Waals surface area contributed by atoms with Gasteiger partial charge in [-0.1, -0.05) is 11.6 Å². The van der Waals surface area contributed by atoms with Crippen LogP contribution in [0.4, 0.5) is 11.5 Å². The van der Waals surface area contributed by atoms with E-state index >= 15 is 0 Å². The Morgan fingerprint density at radius 1 is 1.50 bits per heavy atom. The number of aromatic amines is 1. The number of nitrogens with zero attached hydrogens (tertiary/aromatic N) is 1. The molecule has 1 heterocycles. The van der Waals surface area contributed by atoms with Gasteiger partial charge in [0.15, 0.2) is 5.82 Å². The molecule has 0 fully saturated rings. The zero-order valence-corrected chi connectivity index (χ0v) is 5.64. The Morgan fingerprint density at radius 3 is 2.60 bits per heavy atom. The van der Waals surface area contributed by atoms with Crippen LogP contribution < -0.4 is 17.0 Å². The Labute approximate surface area is 61.0 Å². The van der Waals surface area contributed by atoms with Crippen LogP contribution in [-0.4, -0.2) is 10.2 Å². The number of hydrogen-bond acceptors (Lipinski definition) is 4. The molecule has 0 saturated carbocycles. The number of H-pyrrole nitrogens is 1. The van der Waals surface area contributed by atoms with Crippen molar-refractivity contribution in [2.45, 2.75) is 0 Å². The Morgan fingerprint density at radius 2 is 2.10 bits per heavy atom. The summed E-state index contributed by atoms with van der Waals surface area (Å²) in [7, 11) is 0. The van der Waals surface area contributed by atoms with Crippen LogP contribution in [0.5, 0.6) is 0 Å². The number of aromatic nitrogens is 2. The van der Waals surface area contributed by atoms with Gasteiger partial charge in [0, 0.05) is 0 Å². The standard InChI is InChI=1S/C4H5ClN4O/c5-1-2(6)3(7)8-9-4(1)10/h(H2,7,8)(H3,6,9,10). The maximum atomic E-state index is 10.6. The van der Waals surface area contributed by atoms with E-state index in [1.165, 1.54) is 0 Å². The zero-order valence-electron chi connectivity index (χ0n) is 4.89. The van der Waals surface area contributed by atoms with Gasteiger partial charge >= 0.3 is 0 Å². The largest absolute Gasteiger partial charge is 0.394 e. The Kier molecular flexibility index (Phi) is 1.50. The summed E-state index contributed by atoms with van der Waals surface area (Å²) >= 11 is 5.39. The quantitative estimate of drug-likeness (QED) is 0.481. The number of anilines is 2. The molecule has 10 heavy (non-hydrogen) atoms. The minimum Gasteiger partial charge on any atom is -0.394 e. The van der Waals surface area contributed by atoms with E-state index in [-0.39, 0.29) is 16.5 Å². The van der Waals surface area contributed by atoms with Crippen molar-refractivity contribution in [2.75, 3.05) is 11.5 Å². The molecule has 1 aromatic heterocycles. The third kappa shape index (κ3) is 0.906. The van der Waals surface area contributed by atoms with Crippen molar-refractivity contribution < 1.29 is 0 Å². The number of nitrogens with one attached hydrogen (secondary N) is 1. The molecule has 0 spiro atoms. The third-order valence-corrected chi connectivity index (χ3v) is 1.36. The van der Waals surface area contributed by atoms with Crippen LogP contribution in [0.25, 0.3) is 0 Å². The fourth-order valence-electron chi connectivity index (χ4n) is 0.455. The average molecular weight is 161 g/mol. The molecular formula is C4H5ClN4O. The minimum atomic E-state index is -0.534. The van der Waals surface area contributed by atoms with E-state index in [0.717, 1.165) is 0 Å². The van der Waals surface area contributed by atoms with E-state index < -0.39 is 5.56 Å². The third-order valence-electron chi connectivity index (χ3n) is 0.990. The van der Waals surface area contributed by atoms with E-state index in [1.807, 2.05) is 0 Å². The van der Waals surface area contributed by atoms with Crippen molar-refractivity contribution in [2.24, 2.45) is 0 Å². The Balaban J connectivity index is 3.49. The average Bonchev–Trinajstić information content (AvgIpc) is 1.93. The normalized spacial score (nSPS) is 9.70. The van der Waals surface area contributed by atoms with Gasteiger partial charge in [0.1, 0.15) is 10.7 Å². The van der Waals surface area contributed by atoms with Crippen LogP contribution >= 0.6 is 11.6 Å². The summed E-state index contributed by atoms with van der Waals surface area (Å²) in [6.45, 7) is 0. The molecule has 0 amide bonds. The van der Waals surface area contributed by atoms with Crippen molar-refractivity contribution >= 4 is 23.1 Å². The summed E-state index contributed by atoms with van der Waals surface area (Å²) in [6.07, 6.45) is 0. The maximum Gasteiger partial charge on any atom is 0.285 e. The summed E-state index contributed by atoms with van der Waals surface area (Å²) in [6, 6.07) is 0. The lowest BCUT2D eigenvalue weighted by Crippen LogP contribution is -2.13. The van der Waals surface area contributed by atoms with Crippen molar-refractivity contribution in [3.05, 3.63) is 15.4 Å². The number of halogens is 1.